The minimum Gasteiger partial charge on any atom is -0.506 e. The molecule has 1 amide bonds. The van der Waals surface area contributed by atoms with Crippen LogP contribution in [0.2, 0.25) is 0 Å². The largest absolute Gasteiger partial charge is 0.506 e. The van der Waals surface area contributed by atoms with E-state index in [9.17, 15) is 9.90 Å². The van der Waals surface area contributed by atoms with Gasteiger partial charge in [-0.05, 0) is 63.6 Å². The Morgan fingerprint density at radius 2 is 1.76 bits per heavy atom. The molecule has 0 bridgehead atoms. The fourth-order valence-electron chi connectivity index (χ4n) is 4.47. The van der Waals surface area contributed by atoms with Gasteiger partial charge in [-0.1, -0.05) is 48.4 Å². The smallest absolute Gasteiger partial charge is 0.255 e. The van der Waals surface area contributed by atoms with Crippen molar-refractivity contribution < 1.29 is 19.4 Å². The second-order valence-corrected chi connectivity index (χ2v) is 8.92. The molecular formula is C28H33NO4. The maximum atomic E-state index is 12.9. The molecule has 0 heterocycles. The maximum absolute atomic E-state index is 12.9. The number of aryl methyl sites for hydroxylation is 2. The maximum Gasteiger partial charge on any atom is 0.255 e. The molecule has 0 unspecified atom stereocenters. The molecule has 174 valence electrons. The van der Waals surface area contributed by atoms with E-state index in [1.54, 1.807) is 6.07 Å². The minimum atomic E-state index is -0.307. The number of carbonyl (C=O) groups is 1. The average Bonchev–Trinajstić information content (AvgIpc) is 2.82. The summed E-state index contributed by atoms with van der Waals surface area (Å²) in [6.45, 7) is 5.04. The van der Waals surface area contributed by atoms with Crippen molar-refractivity contribution in [1.29, 1.82) is 0 Å². The summed E-state index contributed by atoms with van der Waals surface area (Å²) < 4.78 is 12.2. The van der Waals surface area contributed by atoms with E-state index >= 15 is 0 Å². The minimum absolute atomic E-state index is 0.00868. The number of benzene rings is 3. The number of rotatable bonds is 8. The van der Waals surface area contributed by atoms with Crippen molar-refractivity contribution in [2.75, 3.05) is 13.2 Å². The van der Waals surface area contributed by atoms with E-state index in [0.717, 1.165) is 42.4 Å². The molecule has 33 heavy (non-hydrogen) atoms. The van der Waals surface area contributed by atoms with Crippen LogP contribution < -0.4 is 14.8 Å². The molecule has 0 aliphatic heterocycles. The molecule has 0 radical (unpaired) electrons. The molecule has 1 aliphatic carbocycles. The fourth-order valence-corrected chi connectivity index (χ4v) is 4.47. The van der Waals surface area contributed by atoms with Gasteiger partial charge in [-0.3, -0.25) is 4.79 Å². The van der Waals surface area contributed by atoms with Crippen molar-refractivity contribution in [3.05, 3.63) is 65.2 Å². The van der Waals surface area contributed by atoms with Crippen LogP contribution in [-0.4, -0.2) is 30.3 Å². The number of hydrogen-bond donors (Lipinski definition) is 2. The van der Waals surface area contributed by atoms with Gasteiger partial charge >= 0.3 is 0 Å². The van der Waals surface area contributed by atoms with E-state index in [-0.39, 0.29) is 23.3 Å². The number of nitrogens with one attached hydrogen (secondary N) is 1. The van der Waals surface area contributed by atoms with E-state index in [4.69, 9.17) is 9.47 Å². The number of phenolic OH excluding ortho intramolecular Hbond substituents is 1. The third kappa shape index (κ3) is 5.59. The first-order valence-corrected chi connectivity index (χ1v) is 11.9. The second kappa shape index (κ2) is 10.6. The molecule has 3 aromatic carbocycles. The van der Waals surface area contributed by atoms with Gasteiger partial charge in [0.05, 0.1) is 18.3 Å². The Labute approximate surface area is 195 Å². The van der Waals surface area contributed by atoms with Crippen LogP contribution in [0.4, 0.5) is 0 Å². The topological polar surface area (TPSA) is 67.8 Å². The molecule has 3 aromatic rings. The highest BCUT2D eigenvalue weighted by Gasteiger charge is 2.21. The van der Waals surface area contributed by atoms with Gasteiger partial charge in [-0.2, -0.15) is 0 Å². The molecule has 0 aromatic heterocycles. The summed E-state index contributed by atoms with van der Waals surface area (Å²) >= 11 is 0. The first-order valence-electron chi connectivity index (χ1n) is 11.9. The fraction of sp³-hybridized carbons (Fsp3) is 0.393. The van der Waals surface area contributed by atoms with Crippen molar-refractivity contribution >= 4 is 16.7 Å². The summed E-state index contributed by atoms with van der Waals surface area (Å²) in [5.74, 6) is 1.21. The summed E-state index contributed by atoms with van der Waals surface area (Å²) in [5.41, 5.74) is 2.55. The van der Waals surface area contributed by atoms with Gasteiger partial charge in [0.2, 0.25) is 0 Å². The van der Waals surface area contributed by atoms with Crippen LogP contribution in [0.25, 0.3) is 10.8 Å². The predicted molar refractivity (Wildman–Crippen MR) is 131 cm³/mol. The molecule has 0 spiro atoms. The van der Waals surface area contributed by atoms with Crippen molar-refractivity contribution in [3.8, 4) is 17.2 Å². The van der Waals surface area contributed by atoms with E-state index in [1.165, 1.54) is 12.0 Å². The van der Waals surface area contributed by atoms with E-state index in [0.29, 0.717) is 30.7 Å². The predicted octanol–water partition coefficient (Wildman–Crippen LogP) is 6.07. The van der Waals surface area contributed by atoms with Gasteiger partial charge in [-0.25, -0.2) is 0 Å². The van der Waals surface area contributed by atoms with Crippen LogP contribution in [0.1, 0.15) is 60.0 Å². The van der Waals surface area contributed by atoms with Crippen molar-refractivity contribution in [2.45, 2.75) is 58.5 Å². The lowest BCUT2D eigenvalue weighted by Gasteiger charge is -2.24. The first kappa shape index (κ1) is 23.0. The van der Waals surface area contributed by atoms with Gasteiger partial charge in [-0.15, -0.1) is 0 Å². The Morgan fingerprint density at radius 3 is 2.52 bits per heavy atom. The monoisotopic (exact) mass is 447 g/mol. The Hall–Kier alpha value is -3.21. The molecular weight excluding hydrogens is 414 g/mol. The molecule has 0 saturated heterocycles. The van der Waals surface area contributed by atoms with Gasteiger partial charge in [0.1, 0.15) is 17.2 Å². The Kier molecular flexibility index (Phi) is 7.38. The summed E-state index contributed by atoms with van der Waals surface area (Å²) in [4.78, 5) is 12.9. The van der Waals surface area contributed by atoms with Gasteiger partial charge in [0, 0.05) is 17.3 Å². The van der Waals surface area contributed by atoms with Crippen LogP contribution >= 0.6 is 0 Å². The highest BCUT2D eigenvalue weighted by Crippen LogP contribution is 2.37. The lowest BCUT2D eigenvalue weighted by molar-refractivity contribution is 0.0947. The molecule has 5 heteroatoms. The summed E-state index contributed by atoms with van der Waals surface area (Å²) in [7, 11) is 0. The lowest BCUT2D eigenvalue weighted by Crippen LogP contribution is -2.26. The molecule has 1 saturated carbocycles. The SMILES string of the molecule is Cc1ccc(OCCCNC(=O)c2cc(OC3CCCCC3)c3ccccc3c2O)c(C)c1. The van der Waals surface area contributed by atoms with E-state index in [2.05, 4.69) is 18.3 Å². The van der Waals surface area contributed by atoms with Crippen LogP contribution in [0.5, 0.6) is 17.2 Å². The first-order chi connectivity index (χ1) is 16.0. The zero-order valence-corrected chi connectivity index (χ0v) is 19.5. The molecule has 1 aliphatic rings. The van der Waals surface area contributed by atoms with Crippen molar-refractivity contribution in [2.24, 2.45) is 0 Å². The number of carbonyl (C=O) groups excluding carboxylic acids is 1. The van der Waals surface area contributed by atoms with E-state index < -0.39 is 0 Å². The van der Waals surface area contributed by atoms with Gasteiger partial charge in [0.15, 0.2) is 0 Å². The van der Waals surface area contributed by atoms with Crippen molar-refractivity contribution in [1.82, 2.24) is 5.32 Å². The Bertz CT molecular complexity index is 1120. The number of phenols is 1. The number of ether oxygens (including phenoxy) is 2. The van der Waals surface area contributed by atoms with Crippen LogP contribution in [0.15, 0.2) is 48.5 Å². The zero-order chi connectivity index (χ0) is 23.2. The molecule has 1 fully saturated rings. The number of amides is 1. The van der Waals surface area contributed by atoms with Crippen molar-refractivity contribution in [3.63, 3.8) is 0 Å². The highest BCUT2D eigenvalue weighted by atomic mass is 16.5. The molecule has 2 N–H and O–H groups in total. The standard InChI is InChI=1S/C28H33NO4/c1-19-13-14-25(20(2)17-19)32-16-8-15-29-28(31)24-18-26(33-21-9-4-3-5-10-21)22-11-6-7-12-23(22)27(24)30/h6-7,11-14,17-18,21,30H,3-5,8-10,15-16H2,1-2H3,(H,29,31). The third-order valence-electron chi connectivity index (χ3n) is 6.26. The summed E-state index contributed by atoms with van der Waals surface area (Å²) in [6.07, 6.45) is 6.45. The highest BCUT2D eigenvalue weighted by molar-refractivity contribution is 6.05. The van der Waals surface area contributed by atoms with Crippen LogP contribution in [0.3, 0.4) is 0 Å². The van der Waals surface area contributed by atoms with Gasteiger partial charge in [0.25, 0.3) is 5.91 Å². The number of aromatic hydroxyl groups is 1. The Morgan fingerprint density at radius 1 is 1.00 bits per heavy atom. The quantitative estimate of drug-likeness (QED) is 0.411. The second-order valence-electron chi connectivity index (χ2n) is 8.92. The molecule has 4 rings (SSSR count). The normalized spacial score (nSPS) is 14.2. The Balaban J connectivity index is 1.41. The van der Waals surface area contributed by atoms with Crippen LogP contribution in [0, 0.1) is 13.8 Å². The zero-order valence-electron chi connectivity index (χ0n) is 19.5. The summed E-state index contributed by atoms with van der Waals surface area (Å²) in [5, 5.41) is 15.2. The van der Waals surface area contributed by atoms with E-state index in [1.807, 2.05) is 43.3 Å². The average molecular weight is 448 g/mol. The van der Waals surface area contributed by atoms with Crippen LogP contribution in [-0.2, 0) is 0 Å². The lowest BCUT2D eigenvalue weighted by atomic mass is 9.97. The molecule has 5 nitrogen and oxygen atoms in total. The van der Waals surface area contributed by atoms with Gasteiger partial charge < -0.3 is 19.9 Å². The number of hydrogen-bond acceptors (Lipinski definition) is 4. The number of fused-ring (bicyclic) bond motifs is 1. The molecule has 0 atom stereocenters. The summed E-state index contributed by atoms with van der Waals surface area (Å²) in [6, 6.07) is 15.3. The third-order valence-corrected chi connectivity index (χ3v) is 6.26.